The van der Waals surface area contributed by atoms with Gasteiger partial charge in [-0.15, -0.1) is 0 Å². The third-order valence-corrected chi connectivity index (χ3v) is 4.86. The Balaban J connectivity index is 1.78. The fourth-order valence-corrected chi connectivity index (χ4v) is 3.46. The summed E-state index contributed by atoms with van der Waals surface area (Å²) in [6.07, 6.45) is 3.36. The first-order valence-corrected chi connectivity index (χ1v) is 8.36. The molecule has 0 amide bonds. The molecule has 3 rings (SSSR count). The summed E-state index contributed by atoms with van der Waals surface area (Å²) in [6.45, 7) is 2.23. The van der Waals surface area contributed by atoms with Crippen molar-refractivity contribution in [1.82, 2.24) is 5.32 Å². The Morgan fingerprint density at radius 2 is 2.00 bits per heavy atom. The normalized spacial score (nSPS) is 18.5. The molecule has 1 aliphatic carbocycles. The molecule has 0 saturated heterocycles. The maximum atomic E-state index is 5.88. The first-order chi connectivity index (χ1) is 10.2. The summed E-state index contributed by atoms with van der Waals surface area (Å²) in [5, 5.41) is 3.82. The number of aryl methyl sites for hydroxylation is 1. The van der Waals surface area contributed by atoms with Crippen LogP contribution in [0.1, 0.15) is 48.5 Å². The predicted octanol–water partition coefficient (Wildman–Crippen LogP) is 4.76. The molecule has 0 heterocycles. The third kappa shape index (κ3) is 3.14. The molecule has 0 radical (unpaired) electrons. The molecule has 0 spiro atoms. The van der Waals surface area contributed by atoms with Crippen LogP contribution in [0.25, 0.3) is 0 Å². The van der Waals surface area contributed by atoms with Gasteiger partial charge in [0, 0.05) is 22.2 Å². The van der Waals surface area contributed by atoms with Gasteiger partial charge in [0.15, 0.2) is 0 Å². The van der Waals surface area contributed by atoms with Crippen LogP contribution in [0.15, 0.2) is 46.9 Å². The van der Waals surface area contributed by atoms with Crippen LogP contribution in [-0.4, -0.2) is 0 Å². The second-order valence-electron chi connectivity index (χ2n) is 5.73. The molecule has 2 atom stereocenters. The number of nitrogens with one attached hydrogen (secondary N) is 1. The van der Waals surface area contributed by atoms with E-state index in [-0.39, 0.29) is 0 Å². The molecule has 0 aliphatic heterocycles. The fourth-order valence-electron chi connectivity index (χ4n) is 3.20. The Labute approximate surface area is 134 Å². The quantitative estimate of drug-likeness (QED) is 0.784. The van der Waals surface area contributed by atoms with Crippen molar-refractivity contribution >= 4 is 21.6 Å². The highest BCUT2D eigenvalue weighted by Gasteiger charge is 2.24. The van der Waals surface area contributed by atoms with Crippen molar-refractivity contribution in [3.8, 4) is 0 Å². The van der Waals surface area contributed by atoms with Crippen LogP contribution < -0.4 is 11.1 Å². The van der Waals surface area contributed by atoms with Gasteiger partial charge in [-0.3, -0.25) is 0 Å². The van der Waals surface area contributed by atoms with E-state index < -0.39 is 0 Å². The SMILES string of the molecule is CCC(NC1CCc2cc(N)ccc21)c1ccc(Br)cc1. The van der Waals surface area contributed by atoms with E-state index in [0.717, 1.165) is 29.4 Å². The van der Waals surface area contributed by atoms with E-state index in [1.54, 1.807) is 0 Å². The first kappa shape index (κ1) is 14.6. The molecule has 3 heteroatoms. The lowest BCUT2D eigenvalue weighted by molar-refractivity contribution is 0.433. The number of nitrogen functional groups attached to an aromatic ring is 1. The molecule has 2 aromatic rings. The lowest BCUT2D eigenvalue weighted by atomic mass is 10.0. The van der Waals surface area contributed by atoms with Crippen LogP contribution in [0.4, 0.5) is 5.69 Å². The first-order valence-electron chi connectivity index (χ1n) is 7.57. The second-order valence-corrected chi connectivity index (χ2v) is 6.64. The van der Waals surface area contributed by atoms with Gasteiger partial charge >= 0.3 is 0 Å². The van der Waals surface area contributed by atoms with E-state index >= 15 is 0 Å². The van der Waals surface area contributed by atoms with Crippen LogP contribution in [0.3, 0.4) is 0 Å². The van der Waals surface area contributed by atoms with Crippen molar-refractivity contribution < 1.29 is 0 Å². The van der Waals surface area contributed by atoms with Crippen molar-refractivity contribution in [1.29, 1.82) is 0 Å². The number of hydrogen-bond acceptors (Lipinski definition) is 2. The predicted molar refractivity (Wildman–Crippen MR) is 92.2 cm³/mol. The average Bonchev–Trinajstić information content (AvgIpc) is 2.88. The highest BCUT2D eigenvalue weighted by molar-refractivity contribution is 9.10. The Morgan fingerprint density at radius 1 is 1.24 bits per heavy atom. The Bertz CT molecular complexity index is 622. The van der Waals surface area contributed by atoms with Gasteiger partial charge in [-0.2, -0.15) is 0 Å². The standard InChI is InChI=1S/C18H21BrN2/c1-2-17(12-3-6-14(19)7-4-12)21-18-10-5-13-11-15(20)8-9-16(13)18/h3-4,6-9,11,17-18,21H,2,5,10,20H2,1H3. The molecule has 2 unspecified atom stereocenters. The minimum absolute atomic E-state index is 0.395. The second kappa shape index (κ2) is 6.20. The largest absolute Gasteiger partial charge is 0.399 e. The van der Waals surface area contributed by atoms with Gasteiger partial charge in [0.25, 0.3) is 0 Å². The van der Waals surface area contributed by atoms with Crippen LogP contribution in [0.2, 0.25) is 0 Å². The van der Waals surface area contributed by atoms with Crippen molar-refractivity contribution in [2.75, 3.05) is 5.73 Å². The van der Waals surface area contributed by atoms with Crippen LogP contribution in [0.5, 0.6) is 0 Å². The van der Waals surface area contributed by atoms with Crippen LogP contribution >= 0.6 is 15.9 Å². The Hall–Kier alpha value is -1.32. The van der Waals surface area contributed by atoms with E-state index in [4.69, 9.17) is 5.73 Å². The smallest absolute Gasteiger partial charge is 0.0331 e. The highest BCUT2D eigenvalue weighted by atomic mass is 79.9. The van der Waals surface area contributed by atoms with E-state index in [0.29, 0.717) is 12.1 Å². The molecule has 2 nitrogen and oxygen atoms in total. The number of nitrogens with two attached hydrogens (primary N) is 1. The molecule has 3 N–H and O–H groups in total. The van der Waals surface area contributed by atoms with Gasteiger partial charge in [0.1, 0.15) is 0 Å². The number of hydrogen-bond donors (Lipinski definition) is 2. The summed E-state index contributed by atoms with van der Waals surface area (Å²) < 4.78 is 1.13. The summed E-state index contributed by atoms with van der Waals surface area (Å²) in [5.74, 6) is 0. The number of halogens is 1. The van der Waals surface area contributed by atoms with Gasteiger partial charge in [0.05, 0.1) is 0 Å². The molecule has 110 valence electrons. The zero-order chi connectivity index (χ0) is 14.8. The maximum absolute atomic E-state index is 5.88. The molecule has 0 bridgehead atoms. The minimum Gasteiger partial charge on any atom is -0.399 e. The lowest BCUT2D eigenvalue weighted by Crippen LogP contribution is -2.24. The number of fused-ring (bicyclic) bond motifs is 1. The minimum atomic E-state index is 0.395. The maximum Gasteiger partial charge on any atom is 0.0331 e. The van der Waals surface area contributed by atoms with Crippen molar-refractivity contribution in [3.63, 3.8) is 0 Å². The fraction of sp³-hybridized carbons (Fsp3) is 0.333. The Kier molecular flexibility index (Phi) is 4.32. The summed E-state index contributed by atoms with van der Waals surface area (Å²) in [4.78, 5) is 0. The average molecular weight is 345 g/mol. The van der Waals surface area contributed by atoms with Gasteiger partial charge in [-0.25, -0.2) is 0 Å². The van der Waals surface area contributed by atoms with Gasteiger partial charge < -0.3 is 11.1 Å². The van der Waals surface area contributed by atoms with Gasteiger partial charge in [-0.05, 0) is 60.2 Å². The highest BCUT2D eigenvalue weighted by Crippen LogP contribution is 2.34. The van der Waals surface area contributed by atoms with Gasteiger partial charge in [0.2, 0.25) is 0 Å². The zero-order valence-corrected chi connectivity index (χ0v) is 13.9. The Morgan fingerprint density at radius 3 is 2.71 bits per heavy atom. The van der Waals surface area contributed by atoms with E-state index in [2.05, 4.69) is 64.6 Å². The van der Waals surface area contributed by atoms with E-state index in [1.807, 2.05) is 6.07 Å². The summed E-state index contributed by atoms with van der Waals surface area (Å²) in [5.41, 5.74) is 10.9. The molecular weight excluding hydrogens is 324 g/mol. The topological polar surface area (TPSA) is 38.0 Å². The molecule has 2 aromatic carbocycles. The van der Waals surface area contributed by atoms with E-state index in [9.17, 15) is 0 Å². The summed E-state index contributed by atoms with van der Waals surface area (Å²) in [6, 6.07) is 15.8. The molecule has 1 aliphatic rings. The number of anilines is 1. The molecule has 0 fully saturated rings. The lowest BCUT2D eigenvalue weighted by Gasteiger charge is -2.23. The number of rotatable bonds is 4. The van der Waals surface area contributed by atoms with Crippen molar-refractivity contribution in [3.05, 3.63) is 63.6 Å². The van der Waals surface area contributed by atoms with Crippen molar-refractivity contribution in [2.45, 2.75) is 38.3 Å². The summed E-state index contributed by atoms with van der Waals surface area (Å²) >= 11 is 3.50. The monoisotopic (exact) mass is 344 g/mol. The zero-order valence-electron chi connectivity index (χ0n) is 12.3. The third-order valence-electron chi connectivity index (χ3n) is 4.33. The molecule has 0 aromatic heterocycles. The number of benzene rings is 2. The summed E-state index contributed by atoms with van der Waals surface area (Å²) in [7, 11) is 0. The van der Waals surface area contributed by atoms with Crippen molar-refractivity contribution in [2.24, 2.45) is 0 Å². The van der Waals surface area contributed by atoms with Crippen LogP contribution in [-0.2, 0) is 6.42 Å². The van der Waals surface area contributed by atoms with E-state index in [1.165, 1.54) is 16.7 Å². The molecule has 0 saturated carbocycles. The molecular formula is C18H21BrN2. The molecule has 21 heavy (non-hydrogen) atoms. The van der Waals surface area contributed by atoms with Crippen LogP contribution in [0, 0.1) is 0 Å². The van der Waals surface area contributed by atoms with Gasteiger partial charge in [-0.1, -0.05) is 41.1 Å².